The molecule has 1 saturated carbocycles. The van der Waals surface area contributed by atoms with Gasteiger partial charge in [-0.1, -0.05) is 24.6 Å². The molecule has 1 aromatic carbocycles. The molecule has 0 unspecified atom stereocenters. The van der Waals surface area contributed by atoms with Crippen LogP contribution in [-0.4, -0.2) is 54.4 Å². The van der Waals surface area contributed by atoms with Gasteiger partial charge in [-0.3, -0.25) is 9.20 Å². The van der Waals surface area contributed by atoms with Crippen molar-refractivity contribution < 1.29 is 5.48 Å². The maximum Gasteiger partial charge on any atom is 0.275 e. The van der Waals surface area contributed by atoms with E-state index in [1.165, 1.54) is 47.3 Å². The first-order chi connectivity index (χ1) is 16.8. The van der Waals surface area contributed by atoms with Gasteiger partial charge in [0.2, 0.25) is 0 Å². The minimum atomic E-state index is -0.125. The van der Waals surface area contributed by atoms with Gasteiger partial charge >= 0.3 is 0 Å². The van der Waals surface area contributed by atoms with Gasteiger partial charge in [-0.2, -0.15) is 5.10 Å². The van der Waals surface area contributed by atoms with E-state index in [4.69, 9.17) is 11.6 Å². The average molecular weight is 509 g/mol. The Morgan fingerprint density at radius 1 is 1.22 bits per heavy atom. The molecule has 0 amide bonds. The Balaban J connectivity index is 0.00000267. The Morgan fingerprint density at radius 2 is 2.00 bits per heavy atom. The third-order valence-electron chi connectivity index (χ3n) is 8.10. The normalized spacial score (nSPS) is 18.2. The van der Waals surface area contributed by atoms with E-state index in [1.54, 1.807) is 19.6 Å². The second-order valence-electron chi connectivity index (χ2n) is 11.1. The summed E-state index contributed by atoms with van der Waals surface area (Å²) in [5, 5.41) is 14.4. The minimum absolute atomic E-state index is 0. The van der Waals surface area contributed by atoms with Gasteiger partial charge in [-0.25, -0.2) is 4.68 Å². The molecule has 2 N–H and O–H groups in total. The van der Waals surface area contributed by atoms with Gasteiger partial charge < -0.3 is 10.4 Å². The molecule has 0 bridgehead atoms. The standard InChI is InChI=1S/C27H31ClN6O.H2O/c1-17(6-21-8-24-31-29-16-34(24)13-18(21)2)12-33-14-27(15-33)9-19(10-27)7-20-4-5-23(28)25-22(20)11-30-32(3)26(25)35;/h4-5,8,11,13,16-17,19H,6-7,9-10,12,14-15H2,1-3H3;1H2/t17-;/m1./s1. The van der Waals surface area contributed by atoms with Crippen LogP contribution in [0.3, 0.4) is 0 Å². The van der Waals surface area contributed by atoms with Crippen molar-refractivity contribution in [2.45, 2.75) is 39.5 Å². The predicted octanol–water partition coefficient (Wildman–Crippen LogP) is 3.25. The maximum absolute atomic E-state index is 12.5. The fourth-order valence-electron chi connectivity index (χ4n) is 6.56. The lowest BCUT2D eigenvalue weighted by Gasteiger charge is -2.60. The van der Waals surface area contributed by atoms with Crippen LogP contribution in [0.5, 0.6) is 0 Å². The van der Waals surface area contributed by atoms with Gasteiger partial charge in [-0.15, -0.1) is 10.2 Å². The molecule has 1 aliphatic carbocycles. The molecule has 8 nitrogen and oxygen atoms in total. The quantitative estimate of drug-likeness (QED) is 0.398. The molecule has 2 fully saturated rings. The second kappa shape index (κ2) is 9.25. The number of hydrogen-bond donors (Lipinski definition) is 0. The highest BCUT2D eigenvalue weighted by Crippen LogP contribution is 2.53. The number of pyridine rings is 1. The van der Waals surface area contributed by atoms with Gasteiger partial charge in [0.15, 0.2) is 5.65 Å². The average Bonchev–Trinajstić information content (AvgIpc) is 3.21. The van der Waals surface area contributed by atoms with E-state index in [2.05, 4.69) is 52.4 Å². The molecule has 6 rings (SSSR count). The third kappa shape index (κ3) is 4.31. The molecule has 4 heterocycles. The fraction of sp³-hybridized carbons (Fsp3) is 0.481. The SMILES string of the molecule is Cc1cn2cnnc2cc1C[C@@H](C)CN1CC2(CC(Cc3ccc(Cl)c4c(=O)n(C)ncc34)C2)C1.O. The van der Waals surface area contributed by atoms with Gasteiger partial charge in [-0.05, 0) is 78.7 Å². The first-order valence-electron chi connectivity index (χ1n) is 12.4. The van der Waals surface area contributed by atoms with Gasteiger partial charge in [0.25, 0.3) is 5.56 Å². The molecule has 1 saturated heterocycles. The second-order valence-corrected chi connectivity index (χ2v) is 11.5. The lowest BCUT2D eigenvalue weighted by Crippen LogP contribution is -2.63. The molecule has 9 heteroatoms. The van der Waals surface area contributed by atoms with Crippen LogP contribution in [-0.2, 0) is 19.9 Å². The highest BCUT2D eigenvalue weighted by Gasteiger charge is 2.51. The van der Waals surface area contributed by atoms with Crippen LogP contribution in [0.2, 0.25) is 5.02 Å². The number of aryl methyl sites for hydroxylation is 2. The number of halogens is 1. The zero-order valence-electron chi connectivity index (χ0n) is 21.0. The number of aromatic nitrogens is 5. The van der Waals surface area contributed by atoms with Crippen LogP contribution in [0.4, 0.5) is 0 Å². The van der Waals surface area contributed by atoms with E-state index in [1.807, 2.05) is 10.5 Å². The molecule has 0 radical (unpaired) electrons. The third-order valence-corrected chi connectivity index (χ3v) is 8.42. The highest BCUT2D eigenvalue weighted by atomic mass is 35.5. The molecule has 1 spiro atoms. The minimum Gasteiger partial charge on any atom is -0.412 e. The van der Waals surface area contributed by atoms with Crippen molar-refractivity contribution in [1.29, 1.82) is 0 Å². The van der Waals surface area contributed by atoms with Crippen molar-refractivity contribution in [2.24, 2.45) is 24.3 Å². The summed E-state index contributed by atoms with van der Waals surface area (Å²) in [6.45, 7) is 8.08. The molecule has 190 valence electrons. The lowest BCUT2D eigenvalue weighted by atomic mass is 9.56. The van der Waals surface area contributed by atoms with E-state index in [0.29, 0.717) is 27.7 Å². The van der Waals surface area contributed by atoms with Crippen molar-refractivity contribution in [3.05, 3.63) is 69.0 Å². The summed E-state index contributed by atoms with van der Waals surface area (Å²) >= 11 is 6.35. The monoisotopic (exact) mass is 508 g/mol. The smallest absolute Gasteiger partial charge is 0.275 e. The first-order valence-corrected chi connectivity index (χ1v) is 12.8. The van der Waals surface area contributed by atoms with Gasteiger partial charge in [0.1, 0.15) is 6.33 Å². The van der Waals surface area contributed by atoms with Crippen molar-refractivity contribution >= 4 is 28.0 Å². The Kier molecular flexibility index (Phi) is 6.39. The summed E-state index contributed by atoms with van der Waals surface area (Å²) in [5.74, 6) is 1.27. The summed E-state index contributed by atoms with van der Waals surface area (Å²) in [7, 11) is 1.67. The van der Waals surface area contributed by atoms with E-state index in [-0.39, 0.29) is 11.0 Å². The zero-order valence-corrected chi connectivity index (χ0v) is 21.8. The molecular weight excluding hydrogens is 476 g/mol. The Labute approximate surface area is 215 Å². The van der Waals surface area contributed by atoms with E-state index in [0.717, 1.165) is 30.4 Å². The number of rotatable bonds is 6. The number of likely N-dealkylation sites (tertiary alicyclic amines) is 1. The lowest BCUT2D eigenvalue weighted by molar-refractivity contribution is -0.0979. The van der Waals surface area contributed by atoms with Crippen LogP contribution in [0.25, 0.3) is 16.4 Å². The summed E-state index contributed by atoms with van der Waals surface area (Å²) < 4.78 is 3.34. The molecule has 1 atom stereocenters. The van der Waals surface area contributed by atoms with Crippen LogP contribution in [0.15, 0.2) is 41.7 Å². The highest BCUT2D eigenvalue weighted by molar-refractivity contribution is 6.35. The Morgan fingerprint density at radius 3 is 2.78 bits per heavy atom. The fourth-order valence-corrected chi connectivity index (χ4v) is 6.81. The summed E-state index contributed by atoms with van der Waals surface area (Å²) in [5.41, 5.74) is 5.16. The topological polar surface area (TPSA) is 99.8 Å². The molecule has 4 aromatic rings. The van der Waals surface area contributed by atoms with Gasteiger partial charge in [0, 0.05) is 38.3 Å². The number of nitrogens with zero attached hydrogens (tertiary/aromatic N) is 6. The Hall–Kier alpha value is -2.81. The van der Waals surface area contributed by atoms with Crippen LogP contribution in [0.1, 0.15) is 36.5 Å². The van der Waals surface area contributed by atoms with Crippen molar-refractivity contribution in [3.63, 3.8) is 0 Å². The number of hydrogen-bond acceptors (Lipinski definition) is 5. The van der Waals surface area contributed by atoms with Crippen molar-refractivity contribution in [2.75, 3.05) is 19.6 Å². The summed E-state index contributed by atoms with van der Waals surface area (Å²) in [4.78, 5) is 15.2. The largest absolute Gasteiger partial charge is 0.412 e. The van der Waals surface area contributed by atoms with Crippen LogP contribution in [0, 0.1) is 24.2 Å². The molecular formula is C27H33ClN6O2. The van der Waals surface area contributed by atoms with Crippen molar-refractivity contribution in [3.8, 4) is 0 Å². The molecule has 1 aliphatic heterocycles. The van der Waals surface area contributed by atoms with E-state index in [9.17, 15) is 4.79 Å². The number of benzene rings is 1. The Bertz CT molecular complexity index is 1480. The van der Waals surface area contributed by atoms with Crippen LogP contribution >= 0.6 is 11.6 Å². The molecule has 2 aliphatic rings. The summed E-state index contributed by atoms with van der Waals surface area (Å²) in [6, 6.07) is 6.12. The number of fused-ring (bicyclic) bond motifs is 2. The first kappa shape index (κ1) is 24.9. The maximum atomic E-state index is 12.5. The van der Waals surface area contributed by atoms with Crippen LogP contribution < -0.4 is 5.56 Å². The van der Waals surface area contributed by atoms with E-state index >= 15 is 0 Å². The predicted molar refractivity (Wildman–Crippen MR) is 142 cm³/mol. The van der Waals surface area contributed by atoms with E-state index < -0.39 is 0 Å². The molecule has 36 heavy (non-hydrogen) atoms. The summed E-state index contributed by atoms with van der Waals surface area (Å²) in [6.07, 6.45) is 10.3. The van der Waals surface area contributed by atoms with Gasteiger partial charge in [0.05, 0.1) is 16.6 Å². The van der Waals surface area contributed by atoms with Crippen molar-refractivity contribution in [1.82, 2.24) is 29.3 Å². The molecule has 3 aromatic heterocycles. The zero-order chi connectivity index (χ0) is 24.3.